The normalized spacial score (nSPS) is 10.9. The summed E-state index contributed by atoms with van der Waals surface area (Å²) < 4.78 is 48.6. The van der Waals surface area contributed by atoms with Gasteiger partial charge in [-0.2, -0.15) is 0 Å². The second-order valence-corrected chi connectivity index (χ2v) is 10.9. The predicted molar refractivity (Wildman–Crippen MR) is 169 cm³/mol. The van der Waals surface area contributed by atoms with Gasteiger partial charge in [-0.05, 0) is 67.5 Å². The second-order valence-electron chi connectivity index (χ2n) is 7.93. The van der Waals surface area contributed by atoms with Crippen LogP contribution < -0.4 is 28.4 Å². The van der Waals surface area contributed by atoms with Crippen molar-refractivity contribution in [3.05, 3.63) is 12.1 Å². The molecule has 11 heteroatoms. The maximum absolute atomic E-state index is 6.28. The van der Waals surface area contributed by atoms with Crippen molar-refractivity contribution in [2.75, 3.05) is 64.7 Å². The molecule has 0 N–H and O–H groups in total. The number of rotatable bonds is 22. The molecule has 0 aliphatic carbocycles. The van der Waals surface area contributed by atoms with E-state index in [1.54, 1.807) is 23.5 Å². The van der Waals surface area contributed by atoms with Crippen molar-refractivity contribution in [2.24, 2.45) is 0 Å². The molecule has 2 rings (SSSR count). The highest BCUT2D eigenvalue weighted by Gasteiger charge is 2.29. The zero-order valence-corrected chi connectivity index (χ0v) is 28.2. The molecule has 0 fully saturated rings. The predicted octanol–water partition coefficient (Wildman–Crippen LogP) is 8.40. The molecule has 0 amide bonds. The van der Waals surface area contributed by atoms with Gasteiger partial charge in [0.1, 0.15) is 21.3 Å². The summed E-state index contributed by atoms with van der Waals surface area (Å²) in [6.45, 7) is 19.8. The van der Waals surface area contributed by atoms with Gasteiger partial charge >= 0.3 is 0 Å². The van der Waals surface area contributed by atoms with Gasteiger partial charge in [-0.3, -0.25) is 0 Å². The van der Waals surface area contributed by atoms with Gasteiger partial charge in [0.2, 0.25) is 0 Å². The van der Waals surface area contributed by atoms with Crippen LogP contribution in [0.1, 0.15) is 55.4 Å². The lowest BCUT2D eigenvalue weighted by molar-refractivity contribution is 0.199. The summed E-state index contributed by atoms with van der Waals surface area (Å²) in [6, 6.07) is 4.00. The van der Waals surface area contributed by atoms with Crippen molar-refractivity contribution in [1.82, 2.24) is 0 Å². The Morgan fingerprint density at radius 1 is 0.439 bits per heavy atom. The first kappa shape index (κ1) is 35.4. The van der Waals surface area contributed by atoms with Crippen LogP contribution in [0.2, 0.25) is 0 Å². The van der Waals surface area contributed by atoms with E-state index in [1.165, 1.54) is 11.8 Å². The molecule has 232 valence electrons. The van der Waals surface area contributed by atoms with Crippen molar-refractivity contribution >= 4 is 35.3 Å². The van der Waals surface area contributed by atoms with Crippen LogP contribution in [0.25, 0.3) is 0 Å². The van der Waals surface area contributed by atoms with Gasteiger partial charge < -0.3 is 37.9 Å². The van der Waals surface area contributed by atoms with E-state index in [4.69, 9.17) is 37.9 Å². The quantitative estimate of drug-likeness (QED) is 0.0715. The Balaban J connectivity index is 2.85. The number of hydrogen-bond acceptors (Lipinski definition) is 11. The molecule has 0 atom stereocenters. The van der Waals surface area contributed by atoms with Crippen molar-refractivity contribution in [1.29, 1.82) is 0 Å². The zero-order chi connectivity index (χ0) is 30.0. The van der Waals surface area contributed by atoms with E-state index in [1.807, 2.05) is 67.5 Å². The van der Waals surface area contributed by atoms with E-state index < -0.39 is 0 Å². The standard InChI is InChI=1S/C30H46O8S3/c1-9-31-19-39-23-17-21(33-11-3)29(27(37-15-7)25(23)35-13-5)41-30-22(34-12-4)18-24(40-20-32-10-2)26(36-14-6)28(30)38-16-8/h17-18H,9-16,19-20H2,1-8H3. The topological polar surface area (TPSA) is 73.8 Å². The number of thioether (sulfide) groups is 2. The Kier molecular flexibility index (Phi) is 17.4. The minimum atomic E-state index is 0.451. The fourth-order valence-electron chi connectivity index (χ4n) is 3.68. The van der Waals surface area contributed by atoms with E-state index in [2.05, 4.69) is 0 Å². The number of benzene rings is 2. The van der Waals surface area contributed by atoms with Gasteiger partial charge in [0, 0.05) is 13.2 Å². The van der Waals surface area contributed by atoms with Gasteiger partial charge in [-0.15, -0.1) is 0 Å². The van der Waals surface area contributed by atoms with Crippen molar-refractivity contribution in [2.45, 2.75) is 75.0 Å². The second kappa shape index (κ2) is 20.2. The monoisotopic (exact) mass is 630 g/mol. The Labute approximate surface area is 258 Å². The minimum Gasteiger partial charge on any atom is -0.493 e. The van der Waals surface area contributed by atoms with Gasteiger partial charge in [0.25, 0.3) is 0 Å². The third-order valence-corrected chi connectivity index (χ3v) is 8.19. The molecular weight excluding hydrogens is 585 g/mol. The molecule has 8 nitrogen and oxygen atoms in total. The Morgan fingerprint density at radius 3 is 1.10 bits per heavy atom. The van der Waals surface area contributed by atoms with Crippen LogP contribution in [0.15, 0.2) is 31.7 Å². The van der Waals surface area contributed by atoms with E-state index in [0.717, 1.165) is 19.6 Å². The molecule has 0 saturated heterocycles. The Morgan fingerprint density at radius 2 is 0.780 bits per heavy atom. The average molecular weight is 631 g/mol. The Hall–Kier alpha value is -1.79. The summed E-state index contributed by atoms with van der Waals surface area (Å²) >= 11 is 4.57. The first-order valence-corrected chi connectivity index (χ1v) is 17.1. The summed E-state index contributed by atoms with van der Waals surface area (Å²) in [5.41, 5.74) is 0. The summed E-state index contributed by atoms with van der Waals surface area (Å²) in [5.74, 6) is 4.89. The first-order valence-electron chi connectivity index (χ1n) is 14.3. The molecule has 0 bridgehead atoms. The third-order valence-electron chi connectivity index (χ3n) is 5.21. The molecule has 2 aromatic rings. The van der Waals surface area contributed by atoms with Crippen LogP contribution in [0.4, 0.5) is 0 Å². The summed E-state index contributed by atoms with van der Waals surface area (Å²) in [4.78, 5) is 3.34. The first-order chi connectivity index (χ1) is 20.0. The zero-order valence-electron chi connectivity index (χ0n) is 25.7. The van der Waals surface area contributed by atoms with Crippen molar-refractivity contribution in [3.8, 4) is 34.5 Å². The molecule has 41 heavy (non-hydrogen) atoms. The lowest BCUT2D eigenvalue weighted by Gasteiger charge is -2.24. The SMILES string of the molecule is CCOCSc1cc(OCC)c(Sc2c(OCC)cc(SCOCC)c(OCC)c2OCC)c(OCC)c1OCC. The lowest BCUT2D eigenvalue weighted by Crippen LogP contribution is -2.06. The van der Waals surface area contributed by atoms with Crippen LogP contribution in [0.3, 0.4) is 0 Å². The Bertz CT molecular complexity index is 970. The van der Waals surface area contributed by atoms with Crippen LogP contribution >= 0.6 is 35.3 Å². The summed E-state index contributed by atoms with van der Waals surface area (Å²) in [6.07, 6.45) is 0. The summed E-state index contributed by atoms with van der Waals surface area (Å²) in [7, 11) is 0. The fourth-order valence-corrected chi connectivity index (χ4v) is 6.51. The van der Waals surface area contributed by atoms with E-state index in [-0.39, 0.29) is 0 Å². The van der Waals surface area contributed by atoms with Gasteiger partial charge in [-0.1, -0.05) is 35.3 Å². The molecule has 2 aromatic carbocycles. The van der Waals surface area contributed by atoms with Crippen LogP contribution in [0, 0.1) is 0 Å². The van der Waals surface area contributed by atoms with Crippen LogP contribution in [0.5, 0.6) is 34.5 Å². The highest BCUT2D eigenvalue weighted by atomic mass is 32.2. The molecule has 0 radical (unpaired) electrons. The van der Waals surface area contributed by atoms with Gasteiger partial charge in [0.15, 0.2) is 23.0 Å². The molecule has 0 aromatic heterocycles. The molecule has 0 aliphatic rings. The van der Waals surface area contributed by atoms with Crippen LogP contribution in [-0.4, -0.2) is 64.7 Å². The average Bonchev–Trinajstić information content (AvgIpc) is 2.96. The lowest BCUT2D eigenvalue weighted by atomic mass is 10.2. The maximum atomic E-state index is 6.28. The molecule has 0 spiro atoms. The fraction of sp³-hybridized carbons (Fsp3) is 0.600. The summed E-state index contributed by atoms with van der Waals surface area (Å²) in [5, 5.41) is 0. The minimum absolute atomic E-state index is 0.451. The number of ether oxygens (including phenoxy) is 8. The third kappa shape index (κ3) is 10.2. The molecule has 0 unspecified atom stereocenters. The number of hydrogen-bond donors (Lipinski definition) is 0. The van der Waals surface area contributed by atoms with Gasteiger partial charge in [0.05, 0.1) is 61.3 Å². The van der Waals surface area contributed by atoms with E-state index in [9.17, 15) is 0 Å². The van der Waals surface area contributed by atoms with E-state index >= 15 is 0 Å². The van der Waals surface area contributed by atoms with Crippen molar-refractivity contribution in [3.63, 3.8) is 0 Å². The highest BCUT2D eigenvalue weighted by Crippen LogP contribution is 2.57. The van der Waals surface area contributed by atoms with Crippen molar-refractivity contribution < 1.29 is 37.9 Å². The molecule has 0 heterocycles. The molecule has 0 aliphatic heterocycles. The van der Waals surface area contributed by atoms with Gasteiger partial charge in [-0.25, -0.2) is 0 Å². The van der Waals surface area contributed by atoms with Crippen LogP contribution in [-0.2, 0) is 9.47 Å². The molecular formula is C30H46O8S3. The highest BCUT2D eigenvalue weighted by molar-refractivity contribution is 8.00. The van der Waals surface area contributed by atoms with E-state index in [0.29, 0.717) is 99.2 Å². The largest absolute Gasteiger partial charge is 0.493 e. The maximum Gasteiger partial charge on any atom is 0.180 e. The smallest absolute Gasteiger partial charge is 0.180 e. The molecule has 0 saturated carbocycles.